The van der Waals surface area contributed by atoms with Gasteiger partial charge in [-0.2, -0.15) is 0 Å². The molecule has 2 nitrogen and oxygen atoms in total. The van der Waals surface area contributed by atoms with Gasteiger partial charge in [-0.3, -0.25) is 0 Å². The molecule has 0 aliphatic rings. The summed E-state index contributed by atoms with van der Waals surface area (Å²) in [4.78, 5) is 4.95. The molecule has 0 saturated heterocycles. The first-order valence-electron chi connectivity index (χ1n) is 10.6. The van der Waals surface area contributed by atoms with Crippen molar-refractivity contribution < 1.29 is 4.74 Å². The Hall–Kier alpha value is -3.13. The van der Waals surface area contributed by atoms with E-state index in [1.807, 2.05) is 30.3 Å². The van der Waals surface area contributed by atoms with Crippen molar-refractivity contribution in [1.29, 1.82) is 0 Å². The number of ether oxygens (including phenoxy) is 1. The average Bonchev–Trinajstić information content (AvgIpc) is 2.71. The van der Waals surface area contributed by atoms with Crippen molar-refractivity contribution in [3.63, 3.8) is 0 Å². The molecular formula is C28H29NO. The van der Waals surface area contributed by atoms with E-state index in [1.54, 1.807) is 0 Å². The van der Waals surface area contributed by atoms with Gasteiger partial charge in [0.05, 0.1) is 11.2 Å². The van der Waals surface area contributed by atoms with Crippen LogP contribution in [0.1, 0.15) is 37.5 Å². The molecule has 0 atom stereocenters. The molecule has 4 rings (SSSR count). The largest absolute Gasteiger partial charge is 0.488 e. The van der Waals surface area contributed by atoms with E-state index in [4.69, 9.17) is 9.72 Å². The first-order chi connectivity index (χ1) is 14.4. The summed E-state index contributed by atoms with van der Waals surface area (Å²) in [6, 6.07) is 27.3. The monoisotopic (exact) mass is 395 g/mol. The number of nitrogens with zero attached hydrogens (tertiary/aromatic N) is 1. The van der Waals surface area contributed by atoms with Gasteiger partial charge in [-0.15, -0.1) is 0 Å². The third kappa shape index (κ3) is 4.71. The van der Waals surface area contributed by atoms with E-state index in [1.165, 1.54) is 11.1 Å². The molecular weight excluding hydrogens is 366 g/mol. The Labute approximate surface area is 179 Å². The van der Waals surface area contributed by atoms with Gasteiger partial charge in [-0.25, -0.2) is 4.98 Å². The van der Waals surface area contributed by atoms with Crippen LogP contribution >= 0.6 is 0 Å². The SMILES string of the molecule is Cc1cc(CC(C)(C)C)ccc1-c1cc(OCc2ccccc2)c2ccccc2n1. The number of pyridine rings is 1. The third-order valence-corrected chi connectivity index (χ3v) is 5.22. The minimum absolute atomic E-state index is 0.271. The van der Waals surface area contributed by atoms with Crippen molar-refractivity contribution in [2.24, 2.45) is 5.41 Å². The highest BCUT2D eigenvalue weighted by Crippen LogP contribution is 2.33. The van der Waals surface area contributed by atoms with Gasteiger partial charge < -0.3 is 4.74 Å². The quantitative estimate of drug-likeness (QED) is 0.352. The molecule has 0 spiro atoms. The molecule has 0 N–H and O–H groups in total. The maximum atomic E-state index is 6.26. The summed E-state index contributed by atoms with van der Waals surface area (Å²) in [5.41, 5.74) is 7.10. The zero-order chi connectivity index (χ0) is 21.1. The molecule has 0 aliphatic heterocycles. The van der Waals surface area contributed by atoms with E-state index >= 15 is 0 Å². The second-order valence-corrected chi connectivity index (χ2v) is 9.18. The lowest BCUT2D eigenvalue weighted by Crippen LogP contribution is -2.09. The van der Waals surface area contributed by atoms with Crippen molar-refractivity contribution in [3.05, 3.63) is 95.6 Å². The number of hydrogen-bond donors (Lipinski definition) is 0. The van der Waals surface area contributed by atoms with Gasteiger partial charge in [0.25, 0.3) is 0 Å². The summed E-state index contributed by atoms with van der Waals surface area (Å²) >= 11 is 0. The molecule has 0 radical (unpaired) electrons. The highest BCUT2D eigenvalue weighted by atomic mass is 16.5. The average molecular weight is 396 g/mol. The zero-order valence-corrected chi connectivity index (χ0v) is 18.3. The van der Waals surface area contributed by atoms with Crippen molar-refractivity contribution >= 4 is 10.9 Å². The normalized spacial score (nSPS) is 11.6. The van der Waals surface area contributed by atoms with E-state index in [2.05, 4.69) is 76.2 Å². The summed E-state index contributed by atoms with van der Waals surface area (Å²) in [6.45, 7) is 9.53. The summed E-state index contributed by atoms with van der Waals surface area (Å²) < 4.78 is 6.26. The van der Waals surface area contributed by atoms with Gasteiger partial charge in [0.15, 0.2) is 0 Å². The van der Waals surface area contributed by atoms with E-state index in [0.717, 1.165) is 39.9 Å². The number of aromatic nitrogens is 1. The second kappa shape index (κ2) is 8.31. The van der Waals surface area contributed by atoms with Gasteiger partial charge in [0.2, 0.25) is 0 Å². The smallest absolute Gasteiger partial charge is 0.131 e. The van der Waals surface area contributed by atoms with Crippen molar-refractivity contribution in [2.45, 2.75) is 40.7 Å². The van der Waals surface area contributed by atoms with E-state index < -0.39 is 0 Å². The molecule has 0 unspecified atom stereocenters. The van der Waals surface area contributed by atoms with Crippen LogP contribution in [0.15, 0.2) is 78.9 Å². The Kier molecular flexibility index (Phi) is 5.59. The lowest BCUT2D eigenvalue weighted by Gasteiger charge is -2.19. The Balaban J connectivity index is 1.71. The van der Waals surface area contributed by atoms with Crippen molar-refractivity contribution in [2.75, 3.05) is 0 Å². The predicted molar refractivity (Wildman–Crippen MR) is 126 cm³/mol. The maximum absolute atomic E-state index is 6.26. The minimum atomic E-state index is 0.271. The van der Waals surface area contributed by atoms with Crippen LogP contribution in [-0.2, 0) is 13.0 Å². The van der Waals surface area contributed by atoms with Crippen LogP contribution in [0.2, 0.25) is 0 Å². The zero-order valence-electron chi connectivity index (χ0n) is 18.3. The number of benzene rings is 3. The number of fused-ring (bicyclic) bond motifs is 1. The van der Waals surface area contributed by atoms with Crippen LogP contribution in [0.25, 0.3) is 22.2 Å². The molecule has 1 heterocycles. The molecule has 1 aromatic heterocycles. The molecule has 0 fully saturated rings. The van der Waals surface area contributed by atoms with Gasteiger partial charge in [0.1, 0.15) is 12.4 Å². The van der Waals surface area contributed by atoms with Gasteiger partial charge in [0, 0.05) is 17.0 Å². The fourth-order valence-corrected chi connectivity index (χ4v) is 3.87. The maximum Gasteiger partial charge on any atom is 0.131 e. The fraction of sp³-hybridized carbons (Fsp3) is 0.250. The predicted octanol–water partition coefficient (Wildman–Crippen LogP) is 7.38. The van der Waals surface area contributed by atoms with Gasteiger partial charge in [-0.05, 0) is 47.6 Å². The van der Waals surface area contributed by atoms with Crippen LogP contribution < -0.4 is 4.74 Å². The van der Waals surface area contributed by atoms with E-state index in [9.17, 15) is 0 Å². The molecule has 0 aliphatic carbocycles. The summed E-state index contributed by atoms with van der Waals surface area (Å²) in [6.07, 6.45) is 1.06. The van der Waals surface area contributed by atoms with Gasteiger partial charge >= 0.3 is 0 Å². The Morgan fingerprint density at radius 3 is 2.27 bits per heavy atom. The number of rotatable bonds is 5. The van der Waals surface area contributed by atoms with Crippen LogP contribution in [0, 0.1) is 12.3 Å². The van der Waals surface area contributed by atoms with Crippen LogP contribution in [-0.4, -0.2) is 4.98 Å². The van der Waals surface area contributed by atoms with Gasteiger partial charge in [-0.1, -0.05) is 81.4 Å². The highest BCUT2D eigenvalue weighted by molar-refractivity contribution is 5.88. The Bertz CT molecular complexity index is 1160. The standard InChI is InChI=1S/C28H29NO/c1-20-16-22(18-28(2,3)4)14-15-23(20)26-17-27(24-12-8-9-13-25(24)29-26)30-19-21-10-6-5-7-11-21/h5-17H,18-19H2,1-4H3. The summed E-state index contributed by atoms with van der Waals surface area (Å²) in [7, 11) is 0. The molecule has 4 aromatic rings. The topological polar surface area (TPSA) is 22.1 Å². The number of hydrogen-bond acceptors (Lipinski definition) is 2. The molecule has 2 heteroatoms. The number of aryl methyl sites for hydroxylation is 1. The second-order valence-electron chi connectivity index (χ2n) is 9.18. The molecule has 0 saturated carbocycles. The lowest BCUT2D eigenvalue weighted by molar-refractivity contribution is 0.310. The third-order valence-electron chi connectivity index (χ3n) is 5.22. The molecule has 0 bridgehead atoms. The van der Waals surface area contributed by atoms with E-state index in [0.29, 0.717) is 6.61 Å². The van der Waals surface area contributed by atoms with Crippen molar-refractivity contribution in [1.82, 2.24) is 4.98 Å². The first kappa shape index (κ1) is 20.2. The highest BCUT2D eigenvalue weighted by Gasteiger charge is 2.14. The van der Waals surface area contributed by atoms with Crippen LogP contribution in [0.5, 0.6) is 5.75 Å². The molecule has 0 amide bonds. The van der Waals surface area contributed by atoms with Crippen molar-refractivity contribution in [3.8, 4) is 17.0 Å². The fourth-order valence-electron chi connectivity index (χ4n) is 3.87. The van der Waals surface area contributed by atoms with E-state index in [-0.39, 0.29) is 5.41 Å². The van der Waals surface area contributed by atoms with Crippen LogP contribution in [0.4, 0.5) is 0 Å². The Morgan fingerprint density at radius 1 is 0.800 bits per heavy atom. The summed E-state index contributed by atoms with van der Waals surface area (Å²) in [5.74, 6) is 0.873. The molecule has 3 aromatic carbocycles. The first-order valence-corrected chi connectivity index (χ1v) is 10.6. The molecule has 152 valence electrons. The lowest BCUT2D eigenvalue weighted by atomic mass is 9.87. The van der Waals surface area contributed by atoms with Crippen LogP contribution in [0.3, 0.4) is 0 Å². The summed E-state index contributed by atoms with van der Waals surface area (Å²) in [5, 5.41) is 1.04. The Morgan fingerprint density at radius 2 is 1.53 bits per heavy atom. The minimum Gasteiger partial charge on any atom is -0.488 e. The molecule has 30 heavy (non-hydrogen) atoms. The number of para-hydroxylation sites is 1.